The highest BCUT2D eigenvalue weighted by Crippen LogP contribution is 2.32. The van der Waals surface area contributed by atoms with Crippen LogP contribution in [0, 0.1) is 0 Å². The van der Waals surface area contributed by atoms with E-state index >= 15 is 0 Å². The van der Waals surface area contributed by atoms with Crippen LogP contribution in [-0.2, 0) is 17.8 Å². The first-order valence-electron chi connectivity index (χ1n) is 11.0. The first kappa shape index (κ1) is 21.5. The van der Waals surface area contributed by atoms with Gasteiger partial charge in [-0.15, -0.1) is 0 Å². The molecule has 2 aliphatic heterocycles. The van der Waals surface area contributed by atoms with Crippen molar-refractivity contribution in [1.82, 2.24) is 10.2 Å². The number of ether oxygens (including phenoxy) is 3. The number of guanidine groups is 1. The van der Waals surface area contributed by atoms with Crippen molar-refractivity contribution in [2.45, 2.75) is 32.5 Å². The average molecular weight is 425 g/mol. The second-order valence-corrected chi connectivity index (χ2v) is 8.00. The summed E-state index contributed by atoms with van der Waals surface area (Å²) in [4.78, 5) is 6.80. The average Bonchev–Trinajstić information content (AvgIpc) is 3.02. The number of morpholine rings is 1. The highest BCUT2D eigenvalue weighted by atomic mass is 16.5. The summed E-state index contributed by atoms with van der Waals surface area (Å²) in [6.45, 7) is 7.91. The monoisotopic (exact) mass is 424 g/mol. The van der Waals surface area contributed by atoms with Gasteiger partial charge < -0.3 is 24.8 Å². The van der Waals surface area contributed by atoms with Gasteiger partial charge in [0.25, 0.3) is 0 Å². The van der Waals surface area contributed by atoms with Crippen LogP contribution in [0.25, 0.3) is 0 Å². The van der Waals surface area contributed by atoms with E-state index in [9.17, 15) is 0 Å². The molecule has 0 spiro atoms. The van der Waals surface area contributed by atoms with Gasteiger partial charge in [0.15, 0.2) is 17.5 Å². The lowest BCUT2D eigenvalue weighted by Gasteiger charge is -2.31. The van der Waals surface area contributed by atoms with Crippen LogP contribution >= 0.6 is 0 Å². The minimum Gasteiger partial charge on any atom is -0.490 e. The van der Waals surface area contributed by atoms with E-state index in [-0.39, 0.29) is 0 Å². The summed E-state index contributed by atoms with van der Waals surface area (Å²) in [5, 5.41) is 6.73. The van der Waals surface area contributed by atoms with Gasteiger partial charge in [0.2, 0.25) is 0 Å². The first-order chi connectivity index (χ1) is 15.2. The summed E-state index contributed by atoms with van der Waals surface area (Å²) in [7, 11) is 1.77. The number of benzene rings is 2. The van der Waals surface area contributed by atoms with E-state index < -0.39 is 0 Å². The molecule has 2 aromatic rings. The second kappa shape index (κ2) is 10.5. The molecular formula is C24H32N4O3. The van der Waals surface area contributed by atoms with Gasteiger partial charge in [-0.05, 0) is 30.2 Å². The topological polar surface area (TPSA) is 67.4 Å². The van der Waals surface area contributed by atoms with Crippen LogP contribution in [0.2, 0.25) is 0 Å². The molecule has 2 aliphatic rings. The van der Waals surface area contributed by atoms with Crippen molar-refractivity contribution in [3.63, 3.8) is 0 Å². The summed E-state index contributed by atoms with van der Waals surface area (Å²) in [5.74, 6) is 2.27. The number of nitrogens with zero attached hydrogens (tertiary/aromatic N) is 2. The minimum absolute atomic E-state index is 0.304. The fraction of sp³-hybridized carbons (Fsp3) is 0.458. The molecule has 166 valence electrons. The molecule has 0 bridgehead atoms. The standard InChI is InChI=1S/C24H32N4O3/c1-18-16-28(9-12-29-18)17-20-6-3-5-19(13-20)15-26-24(25-2)27-21-7-8-22-23(14-21)31-11-4-10-30-22/h3,5-8,13-14,18H,4,9-12,15-17H2,1-2H3,(H2,25,26,27). The van der Waals surface area contributed by atoms with Crippen molar-refractivity contribution in [3.8, 4) is 11.5 Å². The minimum atomic E-state index is 0.304. The third-order valence-corrected chi connectivity index (χ3v) is 5.42. The summed E-state index contributed by atoms with van der Waals surface area (Å²) in [6.07, 6.45) is 1.20. The molecule has 31 heavy (non-hydrogen) atoms. The third-order valence-electron chi connectivity index (χ3n) is 5.42. The third kappa shape index (κ3) is 6.12. The zero-order valence-corrected chi connectivity index (χ0v) is 18.4. The normalized spacial score (nSPS) is 19.5. The Labute approximate surface area is 184 Å². The predicted molar refractivity (Wildman–Crippen MR) is 123 cm³/mol. The SMILES string of the molecule is CN=C(NCc1cccc(CN2CCOC(C)C2)c1)Nc1ccc2c(c1)OCCCO2. The number of hydrogen-bond acceptors (Lipinski definition) is 5. The van der Waals surface area contributed by atoms with E-state index in [2.05, 4.69) is 51.7 Å². The molecule has 2 heterocycles. The molecule has 1 fully saturated rings. The quantitative estimate of drug-likeness (QED) is 0.567. The van der Waals surface area contributed by atoms with Gasteiger partial charge >= 0.3 is 0 Å². The van der Waals surface area contributed by atoms with Gasteiger partial charge in [0.05, 0.1) is 25.9 Å². The zero-order valence-electron chi connectivity index (χ0n) is 18.4. The van der Waals surface area contributed by atoms with Crippen molar-refractivity contribution >= 4 is 11.6 Å². The highest BCUT2D eigenvalue weighted by molar-refractivity contribution is 5.93. The van der Waals surface area contributed by atoms with E-state index in [0.29, 0.717) is 31.8 Å². The molecule has 7 heteroatoms. The number of anilines is 1. The van der Waals surface area contributed by atoms with Crippen molar-refractivity contribution in [2.75, 3.05) is 45.3 Å². The smallest absolute Gasteiger partial charge is 0.195 e. The molecule has 1 atom stereocenters. The van der Waals surface area contributed by atoms with Gasteiger partial charge in [-0.2, -0.15) is 0 Å². The van der Waals surface area contributed by atoms with Crippen LogP contribution in [0.3, 0.4) is 0 Å². The summed E-state index contributed by atoms with van der Waals surface area (Å²) < 4.78 is 17.1. The lowest BCUT2D eigenvalue weighted by Crippen LogP contribution is -2.40. The highest BCUT2D eigenvalue weighted by Gasteiger charge is 2.16. The Kier molecular flexibility index (Phi) is 7.27. The zero-order chi connectivity index (χ0) is 21.5. The summed E-state index contributed by atoms with van der Waals surface area (Å²) >= 11 is 0. The maximum atomic E-state index is 5.78. The molecule has 2 aromatic carbocycles. The number of rotatable bonds is 5. The summed E-state index contributed by atoms with van der Waals surface area (Å²) in [6, 6.07) is 14.6. The van der Waals surface area contributed by atoms with Crippen molar-refractivity contribution in [1.29, 1.82) is 0 Å². The molecule has 0 aliphatic carbocycles. The van der Waals surface area contributed by atoms with Gasteiger partial charge in [-0.3, -0.25) is 9.89 Å². The van der Waals surface area contributed by atoms with Crippen LogP contribution in [0.15, 0.2) is 47.5 Å². The van der Waals surface area contributed by atoms with Crippen LogP contribution in [0.1, 0.15) is 24.5 Å². The maximum Gasteiger partial charge on any atom is 0.195 e. The molecular weight excluding hydrogens is 392 g/mol. The van der Waals surface area contributed by atoms with Crippen LogP contribution < -0.4 is 20.1 Å². The fourth-order valence-corrected chi connectivity index (χ4v) is 3.87. The van der Waals surface area contributed by atoms with Gasteiger partial charge in [-0.1, -0.05) is 24.3 Å². The number of aliphatic imine (C=N–C) groups is 1. The molecule has 2 N–H and O–H groups in total. The lowest BCUT2D eigenvalue weighted by molar-refractivity contribution is -0.0212. The van der Waals surface area contributed by atoms with E-state index in [1.54, 1.807) is 7.05 Å². The van der Waals surface area contributed by atoms with E-state index in [4.69, 9.17) is 14.2 Å². The summed E-state index contributed by atoms with van der Waals surface area (Å²) in [5.41, 5.74) is 3.45. The molecule has 4 rings (SSSR count). The Morgan fingerprint density at radius 3 is 2.74 bits per heavy atom. The molecule has 0 radical (unpaired) electrons. The van der Waals surface area contributed by atoms with Gasteiger partial charge in [0.1, 0.15) is 0 Å². The molecule has 0 saturated carbocycles. The Bertz CT molecular complexity index is 902. The second-order valence-electron chi connectivity index (χ2n) is 8.00. The van der Waals surface area contributed by atoms with Crippen LogP contribution in [-0.4, -0.2) is 56.9 Å². The number of hydrogen-bond donors (Lipinski definition) is 2. The van der Waals surface area contributed by atoms with Gasteiger partial charge in [-0.25, -0.2) is 0 Å². The molecule has 0 aromatic heterocycles. The Balaban J connectivity index is 1.33. The molecule has 7 nitrogen and oxygen atoms in total. The van der Waals surface area contributed by atoms with Crippen LogP contribution in [0.4, 0.5) is 5.69 Å². The predicted octanol–water partition coefficient (Wildman–Crippen LogP) is 3.26. The van der Waals surface area contributed by atoms with Gasteiger partial charge in [0, 0.05) is 51.4 Å². The fourth-order valence-electron chi connectivity index (χ4n) is 3.87. The van der Waals surface area contributed by atoms with Crippen molar-refractivity contribution < 1.29 is 14.2 Å². The lowest BCUT2D eigenvalue weighted by atomic mass is 10.1. The molecule has 1 unspecified atom stereocenters. The molecule has 0 amide bonds. The van der Waals surface area contributed by atoms with Crippen molar-refractivity contribution in [2.24, 2.45) is 4.99 Å². The number of fused-ring (bicyclic) bond motifs is 1. The largest absolute Gasteiger partial charge is 0.490 e. The molecule has 1 saturated heterocycles. The van der Waals surface area contributed by atoms with E-state index in [0.717, 1.165) is 49.8 Å². The van der Waals surface area contributed by atoms with Crippen molar-refractivity contribution in [3.05, 3.63) is 53.6 Å². The maximum absolute atomic E-state index is 5.78. The van der Waals surface area contributed by atoms with Crippen LogP contribution in [0.5, 0.6) is 11.5 Å². The Morgan fingerprint density at radius 1 is 1.06 bits per heavy atom. The van der Waals surface area contributed by atoms with E-state index in [1.807, 2.05) is 18.2 Å². The Morgan fingerprint density at radius 2 is 1.90 bits per heavy atom. The van der Waals surface area contributed by atoms with E-state index in [1.165, 1.54) is 11.1 Å². The first-order valence-corrected chi connectivity index (χ1v) is 11.0. The Hall–Kier alpha value is -2.77. The number of nitrogens with one attached hydrogen (secondary N) is 2.